The normalized spacial score (nSPS) is 12.6. The van der Waals surface area contributed by atoms with Crippen LogP contribution in [0, 0.1) is 6.92 Å². The molecule has 0 aliphatic heterocycles. The maximum Gasteiger partial charge on any atom is 0.325 e. The number of aliphatic carboxylic acids is 1. The molecule has 2 heterocycles. The summed E-state index contributed by atoms with van der Waals surface area (Å²) in [5, 5.41) is 12.5. The molecule has 6 heteroatoms. The van der Waals surface area contributed by atoms with Gasteiger partial charge in [0.15, 0.2) is 0 Å². The number of nitrogens with one attached hydrogen (secondary N) is 2. The first kappa shape index (κ1) is 10.4. The van der Waals surface area contributed by atoms with Crippen molar-refractivity contribution >= 4 is 22.8 Å². The summed E-state index contributed by atoms with van der Waals surface area (Å²) in [6.45, 7) is 3.33. The van der Waals surface area contributed by atoms with Crippen molar-refractivity contribution in [2.24, 2.45) is 0 Å². The van der Waals surface area contributed by atoms with Gasteiger partial charge in [-0.15, -0.1) is 0 Å². The van der Waals surface area contributed by atoms with Gasteiger partial charge in [0.1, 0.15) is 23.3 Å². The van der Waals surface area contributed by atoms with E-state index in [0.29, 0.717) is 17.3 Å². The van der Waals surface area contributed by atoms with Crippen molar-refractivity contribution in [2.45, 2.75) is 19.9 Å². The molecule has 2 aromatic heterocycles. The van der Waals surface area contributed by atoms with Crippen LogP contribution in [0.2, 0.25) is 0 Å². The van der Waals surface area contributed by atoms with Gasteiger partial charge in [-0.05, 0) is 19.9 Å². The smallest absolute Gasteiger partial charge is 0.325 e. The first-order valence-electron chi connectivity index (χ1n) is 4.89. The summed E-state index contributed by atoms with van der Waals surface area (Å²) in [6.07, 6.45) is 1.75. The zero-order valence-corrected chi connectivity index (χ0v) is 8.98. The topological polar surface area (TPSA) is 90.9 Å². The van der Waals surface area contributed by atoms with Gasteiger partial charge in [0.05, 0.1) is 5.39 Å². The molecule has 16 heavy (non-hydrogen) atoms. The number of anilines is 1. The number of aromatic amines is 1. The van der Waals surface area contributed by atoms with E-state index in [-0.39, 0.29) is 0 Å². The molecule has 0 aromatic carbocycles. The second-order valence-electron chi connectivity index (χ2n) is 3.56. The molecule has 0 amide bonds. The third kappa shape index (κ3) is 1.81. The number of fused-ring (bicyclic) bond motifs is 1. The highest BCUT2D eigenvalue weighted by molar-refractivity contribution is 5.89. The van der Waals surface area contributed by atoms with Crippen molar-refractivity contribution in [3.8, 4) is 0 Å². The first-order chi connectivity index (χ1) is 7.58. The molecule has 0 fully saturated rings. The Labute approximate surface area is 91.7 Å². The van der Waals surface area contributed by atoms with Crippen LogP contribution in [0.4, 0.5) is 5.82 Å². The van der Waals surface area contributed by atoms with Crippen molar-refractivity contribution in [3.05, 3.63) is 18.1 Å². The number of rotatable bonds is 3. The lowest BCUT2D eigenvalue weighted by atomic mass is 10.3. The molecule has 6 nitrogen and oxygen atoms in total. The summed E-state index contributed by atoms with van der Waals surface area (Å²) >= 11 is 0. The monoisotopic (exact) mass is 220 g/mol. The maximum atomic E-state index is 10.7. The van der Waals surface area contributed by atoms with Crippen LogP contribution in [0.1, 0.15) is 12.7 Å². The third-order valence-corrected chi connectivity index (χ3v) is 2.25. The zero-order chi connectivity index (χ0) is 11.7. The predicted octanol–water partition coefficient (Wildman–Crippen LogP) is 1.15. The highest BCUT2D eigenvalue weighted by Gasteiger charge is 2.14. The van der Waals surface area contributed by atoms with E-state index < -0.39 is 12.0 Å². The van der Waals surface area contributed by atoms with Gasteiger partial charge in [0.25, 0.3) is 0 Å². The largest absolute Gasteiger partial charge is 0.480 e. The van der Waals surface area contributed by atoms with Crippen molar-refractivity contribution in [1.29, 1.82) is 0 Å². The Balaban J connectivity index is 2.42. The van der Waals surface area contributed by atoms with Gasteiger partial charge in [-0.1, -0.05) is 0 Å². The fourth-order valence-electron chi connectivity index (χ4n) is 1.43. The van der Waals surface area contributed by atoms with E-state index >= 15 is 0 Å². The van der Waals surface area contributed by atoms with E-state index in [1.165, 1.54) is 0 Å². The Morgan fingerprint density at radius 2 is 2.31 bits per heavy atom. The van der Waals surface area contributed by atoms with Crippen LogP contribution in [0.5, 0.6) is 0 Å². The number of carboxylic acid groups (broad SMARTS) is 1. The number of aromatic nitrogens is 3. The molecule has 0 saturated heterocycles. The van der Waals surface area contributed by atoms with Gasteiger partial charge in [-0.25, -0.2) is 9.97 Å². The summed E-state index contributed by atoms with van der Waals surface area (Å²) in [7, 11) is 0. The molecule has 0 bridgehead atoms. The van der Waals surface area contributed by atoms with Crippen LogP contribution in [0.15, 0.2) is 12.3 Å². The Kier molecular flexibility index (Phi) is 2.47. The van der Waals surface area contributed by atoms with Gasteiger partial charge in [0, 0.05) is 6.20 Å². The fraction of sp³-hybridized carbons (Fsp3) is 0.300. The summed E-state index contributed by atoms with van der Waals surface area (Å²) < 4.78 is 0. The second kappa shape index (κ2) is 3.80. The average molecular weight is 220 g/mol. The lowest BCUT2D eigenvalue weighted by molar-refractivity contribution is -0.137. The predicted molar refractivity (Wildman–Crippen MR) is 59.3 cm³/mol. The van der Waals surface area contributed by atoms with Crippen LogP contribution < -0.4 is 5.32 Å². The quantitative estimate of drug-likeness (QED) is 0.721. The fourth-order valence-corrected chi connectivity index (χ4v) is 1.43. The van der Waals surface area contributed by atoms with Gasteiger partial charge in [0.2, 0.25) is 0 Å². The molecule has 2 rings (SSSR count). The minimum Gasteiger partial charge on any atom is -0.480 e. The zero-order valence-electron chi connectivity index (χ0n) is 8.98. The third-order valence-electron chi connectivity index (χ3n) is 2.25. The molecule has 1 atom stereocenters. The van der Waals surface area contributed by atoms with Gasteiger partial charge in [-0.2, -0.15) is 0 Å². The van der Waals surface area contributed by atoms with E-state index in [4.69, 9.17) is 5.11 Å². The molecule has 2 aromatic rings. The average Bonchev–Trinajstić information content (AvgIpc) is 2.65. The van der Waals surface area contributed by atoms with E-state index in [0.717, 1.165) is 5.39 Å². The molecule has 3 N–H and O–H groups in total. The van der Waals surface area contributed by atoms with Crippen LogP contribution >= 0.6 is 0 Å². The molecule has 1 unspecified atom stereocenters. The first-order valence-corrected chi connectivity index (χ1v) is 4.89. The van der Waals surface area contributed by atoms with Crippen molar-refractivity contribution in [3.63, 3.8) is 0 Å². The highest BCUT2D eigenvalue weighted by atomic mass is 16.4. The van der Waals surface area contributed by atoms with E-state index in [1.54, 1.807) is 20.0 Å². The Morgan fingerprint density at radius 1 is 1.56 bits per heavy atom. The molecule has 0 aliphatic carbocycles. The molecule has 0 aliphatic rings. The lowest BCUT2D eigenvalue weighted by Crippen LogP contribution is -2.26. The summed E-state index contributed by atoms with van der Waals surface area (Å²) in [6, 6.07) is 1.12. The summed E-state index contributed by atoms with van der Waals surface area (Å²) in [5.41, 5.74) is 0.701. The van der Waals surface area contributed by atoms with Crippen molar-refractivity contribution in [1.82, 2.24) is 15.0 Å². The number of hydrogen-bond acceptors (Lipinski definition) is 4. The Morgan fingerprint density at radius 3 is 3.00 bits per heavy atom. The van der Waals surface area contributed by atoms with Crippen LogP contribution in [0.25, 0.3) is 11.0 Å². The minimum atomic E-state index is -0.917. The molecular formula is C10H12N4O2. The number of carboxylic acids is 1. The summed E-state index contributed by atoms with van der Waals surface area (Å²) in [4.78, 5) is 22.1. The van der Waals surface area contributed by atoms with Gasteiger partial charge in [-0.3, -0.25) is 4.79 Å². The second-order valence-corrected chi connectivity index (χ2v) is 3.56. The van der Waals surface area contributed by atoms with Crippen LogP contribution in [-0.2, 0) is 4.79 Å². The number of aryl methyl sites for hydroxylation is 1. The van der Waals surface area contributed by atoms with E-state index in [1.807, 2.05) is 6.07 Å². The Hall–Kier alpha value is -2.11. The SMILES string of the molecule is Cc1nc(NC(C)C(=O)O)c2cc[nH]c2n1. The van der Waals surface area contributed by atoms with Crippen molar-refractivity contribution < 1.29 is 9.90 Å². The van der Waals surface area contributed by atoms with Gasteiger partial charge >= 0.3 is 5.97 Å². The van der Waals surface area contributed by atoms with E-state index in [2.05, 4.69) is 20.3 Å². The number of carbonyl (C=O) groups is 1. The Bertz CT molecular complexity index is 535. The highest BCUT2D eigenvalue weighted by Crippen LogP contribution is 2.19. The molecule has 84 valence electrons. The summed E-state index contributed by atoms with van der Waals surface area (Å²) in [5.74, 6) is 0.216. The lowest BCUT2D eigenvalue weighted by Gasteiger charge is -2.10. The standard InChI is InChI=1S/C10H12N4O2/c1-5(10(15)16)12-9-7-3-4-11-8(7)13-6(2)14-9/h3-5H,1-2H3,(H,15,16)(H2,11,12,13,14). The molecule has 0 radical (unpaired) electrons. The van der Waals surface area contributed by atoms with Crippen LogP contribution in [-0.4, -0.2) is 32.1 Å². The number of H-pyrrole nitrogens is 1. The maximum absolute atomic E-state index is 10.7. The minimum absolute atomic E-state index is 0.540. The molecule has 0 saturated carbocycles. The van der Waals surface area contributed by atoms with E-state index in [9.17, 15) is 4.79 Å². The van der Waals surface area contributed by atoms with Crippen molar-refractivity contribution in [2.75, 3.05) is 5.32 Å². The number of hydrogen-bond donors (Lipinski definition) is 3. The van der Waals surface area contributed by atoms with Crippen LogP contribution in [0.3, 0.4) is 0 Å². The molecule has 0 spiro atoms. The number of nitrogens with zero attached hydrogens (tertiary/aromatic N) is 2. The van der Waals surface area contributed by atoms with Gasteiger partial charge < -0.3 is 15.4 Å². The molecular weight excluding hydrogens is 208 g/mol.